The summed E-state index contributed by atoms with van der Waals surface area (Å²) in [5.41, 5.74) is 1.15. The minimum absolute atomic E-state index is 0.123. The number of methoxy groups -OCH3 is 1. The van der Waals surface area contributed by atoms with Crippen molar-refractivity contribution >= 4 is 10.0 Å². The molecule has 0 aliphatic carbocycles. The maximum Gasteiger partial charge on any atom is 0.264 e. The Hall–Kier alpha value is -2.91. The second-order valence-electron chi connectivity index (χ2n) is 7.18. The number of hydrogen-bond donors (Lipinski definition) is 0. The monoisotopic (exact) mass is 429 g/mol. The molecule has 158 valence electrons. The standard InChI is InChI=1S/C21H23N3O5S/c1-15-6-8-17(9-7-15)28-14-20-22-21(23-29-20)16-10-11-24(13-16)30(25,26)19-5-3-4-18(12-19)27-2/h3-9,12,16H,10-11,13-14H2,1-2H3. The number of rotatable bonds is 7. The lowest BCUT2D eigenvalue weighted by Gasteiger charge is -2.16. The number of benzene rings is 2. The maximum atomic E-state index is 13.0. The zero-order chi connectivity index (χ0) is 21.1. The van der Waals surface area contributed by atoms with E-state index in [-0.39, 0.29) is 17.4 Å². The van der Waals surface area contributed by atoms with Crippen LogP contribution < -0.4 is 9.47 Å². The van der Waals surface area contributed by atoms with E-state index in [0.29, 0.717) is 37.0 Å². The van der Waals surface area contributed by atoms with Crippen LogP contribution in [0.2, 0.25) is 0 Å². The minimum Gasteiger partial charge on any atom is -0.497 e. The van der Waals surface area contributed by atoms with Crippen molar-refractivity contribution < 1.29 is 22.4 Å². The Labute approximate surface area is 175 Å². The predicted molar refractivity (Wildman–Crippen MR) is 109 cm³/mol. The number of hydrogen-bond acceptors (Lipinski definition) is 7. The summed E-state index contributed by atoms with van der Waals surface area (Å²) in [5.74, 6) is 1.96. The number of ether oxygens (including phenoxy) is 2. The molecule has 0 N–H and O–H groups in total. The topological polar surface area (TPSA) is 94.8 Å². The van der Waals surface area contributed by atoms with Gasteiger partial charge < -0.3 is 14.0 Å². The first-order valence-corrected chi connectivity index (χ1v) is 11.1. The van der Waals surface area contributed by atoms with Gasteiger partial charge in [-0.25, -0.2) is 8.42 Å². The van der Waals surface area contributed by atoms with E-state index in [9.17, 15) is 8.42 Å². The molecule has 1 aliphatic rings. The molecule has 8 nitrogen and oxygen atoms in total. The van der Waals surface area contributed by atoms with Gasteiger partial charge in [-0.15, -0.1) is 0 Å². The van der Waals surface area contributed by atoms with E-state index in [4.69, 9.17) is 14.0 Å². The molecule has 9 heteroatoms. The van der Waals surface area contributed by atoms with Gasteiger partial charge in [-0.05, 0) is 37.6 Å². The molecule has 0 amide bonds. The second-order valence-corrected chi connectivity index (χ2v) is 9.11. The van der Waals surface area contributed by atoms with Crippen molar-refractivity contribution in [3.63, 3.8) is 0 Å². The van der Waals surface area contributed by atoms with Gasteiger partial charge in [-0.1, -0.05) is 28.9 Å². The van der Waals surface area contributed by atoms with Gasteiger partial charge in [-0.2, -0.15) is 9.29 Å². The van der Waals surface area contributed by atoms with Crippen LogP contribution in [-0.2, 0) is 16.6 Å². The molecule has 1 atom stereocenters. The Morgan fingerprint density at radius 3 is 2.73 bits per heavy atom. The Morgan fingerprint density at radius 2 is 1.97 bits per heavy atom. The first kappa shape index (κ1) is 20.4. The maximum absolute atomic E-state index is 13.0. The molecule has 2 aromatic carbocycles. The predicted octanol–water partition coefficient (Wildman–Crippen LogP) is 3.14. The van der Waals surface area contributed by atoms with Crippen molar-refractivity contribution in [2.75, 3.05) is 20.2 Å². The molecular formula is C21H23N3O5S. The molecule has 3 aromatic rings. The quantitative estimate of drug-likeness (QED) is 0.569. The molecule has 0 saturated carbocycles. The van der Waals surface area contributed by atoms with Crippen LogP contribution in [0, 0.1) is 6.92 Å². The fraction of sp³-hybridized carbons (Fsp3) is 0.333. The summed E-state index contributed by atoms with van der Waals surface area (Å²) in [5, 5.41) is 4.03. The van der Waals surface area contributed by atoms with Crippen molar-refractivity contribution in [2.45, 2.75) is 30.8 Å². The lowest BCUT2D eigenvalue weighted by atomic mass is 10.1. The Kier molecular flexibility index (Phi) is 5.74. The Morgan fingerprint density at radius 1 is 1.17 bits per heavy atom. The van der Waals surface area contributed by atoms with Crippen LogP contribution in [0.4, 0.5) is 0 Å². The van der Waals surface area contributed by atoms with Crippen molar-refractivity contribution in [1.29, 1.82) is 0 Å². The normalized spacial score (nSPS) is 17.2. The summed E-state index contributed by atoms with van der Waals surface area (Å²) < 4.78 is 43.4. The van der Waals surface area contributed by atoms with E-state index in [1.165, 1.54) is 17.5 Å². The van der Waals surface area contributed by atoms with Crippen LogP contribution in [0.5, 0.6) is 11.5 Å². The molecule has 1 saturated heterocycles. The molecular weight excluding hydrogens is 406 g/mol. The number of nitrogens with zero attached hydrogens (tertiary/aromatic N) is 3. The molecule has 4 rings (SSSR count). The SMILES string of the molecule is COc1cccc(S(=O)(=O)N2CCC(c3noc(COc4ccc(C)cc4)n3)C2)c1. The van der Waals surface area contributed by atoms with E-state index < -0.39 is 10.0 Å². The van der Waals surface area contributed by atoms with Gasteiger partial charge in [0.1, 0.15) is 11.5 Å². The van der Waals surface area contributed by atoms with Crippen LogP contribution in [0.25, 0.3) is 0 Å². The highest BCUT2D eigenvalue weighted by atomic mass is 32.2. The fourth-order valence-corrected chi connectivity index (χ4v) is 4.88. The average Bonchev–Trinajstić information content (AvgIpc) is 3.43. The lowest BCUT2D eigenvalue weighted by Crippen LogP contribution is -2.28. The van der Waals surface area contributed by atoms with Gasteiger partial charge in [0, 0.05) is 25.1 Å². The van der Waals surface area contributed by atoms with Gasteiger partial charge >= 0.3 is 0 Å². The zero-order valence-electron chi connectivity index (χ0n) is 16.8. The number of sulfonamides is 1. The van der Waals surface area contributed by atoms with Gasteiger partial charge in [0.05, 0.1) is 12.0 Å². The molecule has 0 bridgehead atoms. The lowest BCUT2D eigenvalue weighted by molar-refractivity contribution is 0.242. The van der Waals surface area contributed by atoms with Crippen LogP contribution in [0.15, 0.2) is 57.9 Å². The van der Waals surface area contributed by atoms with Crippen molar-refractivity contribution in [3.05, 3.63) is 65.8 Å². The summed E-state index contributed by atoms with van der Waals surface area (Å²) in [6.07, 6.45) is 0.626. The average molecular weight is 429 g/mol. The van der Waals surface area contributed by atoms with E-state index in [0.717, 1.165) is 11.3 Å². The van der Waals surface area contributed by atoms with Crippen molar-refractivity contribution in [1.82, 2.24) is 14.4 Å². The second kappa shape index (κ2) is 8.45. The third-order valence-corrected chi connectivity index (χ3v) is 6.92. The highest BCUT2D eigenvalue weighted by Gasteiger charge is 2.35. The molecule has 0 radical (unpaired) electrons. The molecule has 2 heterocycles. The van der Waals surface area contributed by atoms with Gasteiger partial charge in [0.2, 0.25) is 10.0 Å². The van der Waals surface area contributed by atoms with E-state index in [2.05, 4.69) is 10.1 Å². The van der Waals surface area contributed by atoms with Crippen molar-refractivity contribution in [2.24, 2.45) is 0 Å². The Balaban J connectivity index is 1.40. The first-order chi connectivity index (χ1) is 14.5. The molecule has 1 unspecified atom stereocenters. The zero-order valence-corrected chi connectivity index (χ0v) is 17.6. The van der Waals surface area contributed by atoms with Crippen molar-refractivity contribution in [3.8, 4) is 11.5 Å². The molecule has 30 heavy (non-hydrogen) atoms. The third kappa shape index (κ3) is 4.31. The largest absolute Gasteiger partial charge is 0.497 e. The first-order valence-electron chi connectivity index (χ1n) is 9.62. The number of aryl methyl sites for hydroxylation is 1. The molecule has 1 aromatic heterocycles. The van der Waals surface area contributed by atoms with Gasteiger partial charge in [-0.3, -0.25) is 0 Å². The van der Waals surface area contributed by atoms with Gasteiger partial charge in [0.15, 0.2) is 12.4 Å². The molecule has 1 fully saturated rings. The van der Waals surface area contributed by atoms with Gasteiger partial charge in [0.25, 0.3) is 5.89 Å². The van der Waals surface area contributed by atoms with Crippen LogP contribution in [0.1, 0.15) is 29.6 Å². The summed E-state index contributed by atoms with van der Waals surface area (Å²) in [6, 6.07) is 14.2. The Bertz CT molecular complexity index is 1110. The molecule has 0 spiro atoms. The van der Waals surface area contributed by atoms with E-state index in [1.807, 2.05) is 31.2 Å². The number of aromatic nitrogens is 2. The summed E-state index contributed by atoms with van der Waals surface area (Å²) in [7, 11) is -2.10. The highest BCUT2D eigenvalue weighted by molar-refractivity contribution is 7.89. The smallest absolute Gasteiger partial charge is 0.264 e. The summed E-state index contributed by atoms with van der Waals surface area (Å²) in [6.45, 7) is 2.87. The van der Waals surface area contributed by atoms with E-state index in [1.54, 1.807) is 18.2 Å². The highest BCUT2D eigenvalue weighted by Crippen LogP contribution is 2.30. The van der Waals surface area contributed by atoms with E-state index >= 15 is 0 Å². The summed E-state index contributed by atoms with van der Waals surface area (Å²) >= 11 is 0. The minimum atomic E-state index is -3.61. The van der Waals surface area contributed by atoms with Crippen LogP contribution >= 0.6 is 0 Å². The molecule has 1 aliphatic heterocycles. The third-order valence-electron chi connectivity index (χ3n) is 5.06. The van der Waals surface area contributed by atoms with Crippen LogP contribution in [-0.4, -0.2) is 43.1 Å². The summed E-state index contributed by atoms with van der Waals surface area (Å²) in [4.78, 5) is 4.61. The van der Waals surface area contributed by atoms with Crippen LogP contribution in [0.3, 0.4) is 0 Å². The fourth-order valence-electron chi connectivity index (χ4n) is 3.34.